The fourth-order valence-corrected chi connectivity index (χ4v) is 6.67. The zero-order valence-corrected chi connectivity index (χ0v) is 23.6. The van der Waals surface area contributed by atoms with E-state index in [4.69, 9.17) is 4.98 Å². The lowest BCUT2D eigenvalue weighted by Gasteiger charge is -2.13. The third kappa shape index (κ3) is 4.36. The van der Waals surface area contributed by atoms with Crippen LogP contribution in [-0.4, -0.2) is 9.55 Å². The molecular weight excluding hydrogens is 529 g/mol. The zero-order chi connectivity index (χ0) is 27.9. The number of pyridine rings is 1. The van der Waals surface area contributed by atoms with E-state index in [0.29, 0.717) is 0 Å². The fraction of sp³-hybridized carbons (Fsp3) is 0. The maximum Gasteiger partial charge on any atom is 0.0703 e. The first-order valence-corrected chi connectivity index (χ1v) is 15.0. The van der Waals surface area contributed by atoms with Crippen molar-refractivity contribution >= 4 is 39.6 Å². The molecule has 0 N–H and O–H groups in total. The summed E-state index contributed by atoms with van der Waals surface area (Å²) in [7, 11) is 0. The van der Waals surface area contributed by atoms with Crippen LogP contribution in [0.5, 0.6) is 0 Å². The van der Waals surface area contributed by atoms with Gasteiger partial charge >= 0.3 is 0 Å². The largest absolute Gasteiger partial charge is 0.308 e. The van der Waals surface area contributed by atoms with Gasteiger partial charge in [-0.2, -0.15) is 0 Å². The highest BCUT2D eigenvalue weighted by atomic mass is 32.2. The molecule has 0 spiro atoms. The Labute approximate surface area is 249 Å². The van der Waals surface area contributed by atoms with Crippen LogP contribution in [0.4, 0.5) is 0 Å². The average molecular weight is 555 g/mol. The molecule has 0 radical (unpaired) electrons. The van der Waals surface area contributed by atoms with Gasteiger partial charge in [0.05, 0.1) is 28.6 Å². The minimum Gasteiger partial charge on any atom is -0.308 e. The molecule has 0 aliphatic carbocycles. The minimum absolute atomic E-state index is 0.975. The Morgan fingerprint density at radius 3 is 2.26 bits per heavy atom. The van der Waals surface area contributed by atoms with Crippen molar-refractivity contribution in [2.24, 2.45) is 0 Å². The van der Waals surface area contributed by atoms with E-state index in [2.05, 4.69) is 137 Å². The van der Waals surface area contributed by atoms with E-state index >= 15 is 0 Å². The maximum atomic E-state index is 4.83. The predicted molar refractivity (Wildman–Crippen MR) is 179 cm³/mol. The lowest BCUT2D eigenvalue weighted by Crippen LogP contribution is -1.95. The van der Waals surface area contributed by atoms with Crippen LogP contribution in [0.1, 0.15) is 5.56 Å². The summed E-state index contributed by atoms with van der Waals surface area (Å²) in [6.45, 7) is 0. The van der Waals surface area contributed by atoms with Crippen LogP contribution >= 0.6 is 11.8 Å². The van der Waals surface area contributed by atoms with Gasteiger partial charge in [-0.05, 0) is 81.8 Å². The predicted octanol–water partition coefficient (Wildman–Crippen LogP) is 10.8. The fourth-order valence-electron chi connectivity index (χ4n) is 5.90. The number of thioether (sulfide) groups is 1. The molecule has 0 amide bonds. The number of para-hydroxylation sites is 1. The Kier molecular flexibility index (Phi) is 6.09. The number of allylic oxidation sites excluding steroid dienone is 2. The Morgan fingerprint density at radius 2 is 1.36 bits per heavy atom. The van der Waals surface area contributed by atoms with E-state index in [1.807, 2.05) is 24.4 Å². The van der Waals surface area contributed by atoms with E-state index in [-0.39, 0.29) is 0 Å². The van der Waals surface area contributed by atoms with Gasteiger partial charge in [-0.1, -0.05) is 109 Å². The van der Waals surface area contributed by atoms with Gasteiger partial charge in [0.25, 0.3) is 0 Å². The molecule has 3 heteroatoms. The van der Waals surface area contributed by atoms with Crippen LogP contribution in [0.25, 0.3) is 67.1 Å². The van der Waals surface area contributed by atoms with Crippen LogP contribution in [0.3, 0.4) is 0 Å². The number of rotatable bonds is 3. The molecule has 5 aromatic carbocycles. The van der Waals surface area contributed by atoms with E-state index in [0.717, 1.165) is 16.9 Å². The molecule has 2 bridgehead atoms. The molecule has 1 aliphatic rings. The number of fused-ring (bicyclic) bond motifs is 7. The topological polar surface area (TPSA) is 17.8 Å². The van der Waals surface area contributed by atoms with E-state index in [9.17, 15) is 0 Å². The highest BCUT2D eigenvalue weighted by Gasteiger charge is 2.15. The molecule has 42 heavy (non-hydrogen) atoms. The Hall–Kier alpha value is -5.12. The van der Waals surface area contributed by atoms with Crippen molar-refractivity contribution in [3.8, 4) is 39.2 Å². The summed E-state index contributed by atoms with van der Waals surface area (Å²) in [5.41, 5.74) is 11.6. The monoisotopic (exact) mass is 554 g/mol. The first-order chi connectivity index (χ1) is 20.8. The van der Waals surface area contributed by atoms with Crippen molar-refractivity contribution in [1.29, 1.82) is 0 Å². The van der Waals surface area contributed by atoms with Gasteiger partial charge in [0.2, 0.25) is 0 Å². The van der Waals surface area contributed by atoms with Crippen molar-refractivity contribution < 1.29 is 0 Å². The lowest BCUT2D eigenvalue weighted by molar-refractivity contribution is 1.14. The van der Waals surface area contributed by atoms with Crippen LogP contribution in [-0.2, 0) is 0 Å². The summed E-state index contributed by atoms with van der Waals surface area (Å²) in [5.74, 6) is 0. The van der Waals surface area contributed by atoms with Gasteiger partial charge in [-0.15, -0.1) is 0 Å². The summed E-state index contributed by atoms with van der Waals surface area (Å²) in [6, 6.07) is 45.7. The molecule has 0 atom stereocenters. The zero-order valence-electron chi connectivity index (χ0n) is 22.8. The van der Waals surface area contributed by atoms with Crippen LogP contribution in [0.2, 0.25) is 0 Å². The smallest absolute Gasteiger partial charge is 0.0703 e. The number of nitrogens with zero attached hydrogens (tertiary/aromatic N) is 2. The summed E-state index contributed by atoms with van der Waals surface area (Å²) < 4.78 is 2.32. The van der Waals surface area contributed by atoms with Gasteiger partial charge < -0.3 is 4.57 Å². The van der Waals surface area contributed by atoms with Gasteiger partial charge in [0.1, 0.15) is 0 Å². The molecule has 1 aliphatic heterocycles. The van der Waals surface area contributed by atoms with Crippen LogP contribution in [0.15, 0.2) is 156 Å². The average Bonchev–Trinajstić information content (AvgIpc) is 3.39. The summed E-state index contributed by atoms with van der Waals surface area (Å²) >= 11 is 1.76. The lowest BCUT2D eigenvalue weighted by atomic mass is 9.97. The van der Waals surface area contributed by atoms with Crippen LogP contribution < -0.4 is 0 Å². The molecule has 2 nitrogen and oxygen atoms in total. The minimum atomic E-state index is 0.975. The third-order valence-corrected chi connectivity index (χ3v) is 8.84. The van der Waals surface area contributed by atoms with Gasteiger partial charge in [-0.3, -0.25) is 4.98 Å². The SMILES string of the molecule is C1=C\c2cccc(c2)-c2cc(-c3ccc4c(c3)c3ccccc3n4-c3ccc(-c4ccccc4)nc3)ccc2S/C=C/1. The quantitative estimate of drug-likeness (QED) is 0.216. The van der Waals surface area contributed by atoms with Crippen molar-refractivity contribution in [3.05, 3.63) is 157 Å². The molecule has 0 saturated carbocycles. The number of benzene rings is 5. The number of aromatic nitrogens is 2. The van der Waals surface area contributed by atoms with Gasteiger partial charge in [0, 0.05) is 21.2 Å². The molecule has 2 aromatic heterocycles. The summed E-state index contributed by atoms with van der Waals surface area (Å²) in [6.07, 6.45) is 8.35. The molecule has 0 saturated heterocycles. The van der Waals surface area contributed by atoms with Gasteiger partial charge in [0.15, 0.2) is 0 Å². The molecular formula is C39H26N2S. The Morgan fingerprint density at radius 1 is 0.548 bits per heavy atom. The normalized spacial score (nSPS) is 14.0. The highest BCUT2D eigenvalue weighted by molar-refractivity contribution is 8.02. The second-order valence-corrected chi connectivity index (χ2v) is 11.4. The van der Waals surface area contributed by atoms with Crippen molar-refractivity contribution in [2.45, 2.75) is 4.90 Å². The standard InChI is InChI=1S/C39H26N2S/c1-2-11-28(12-3-1)36-19-18-32(26-40-36)41-37-15-5-4-14-33(37)35-25-29(16-20-38(35)41)30-17-21-39-34(24-30)31-13-8-10-27(23-31)9-6-7-22-42-39/h1-26H/b9-6-,22-7+. The van der Waals surface area contributed by atoms with Crippen LogP contribution in [0, 0.1) is 0 Å². The molecule has 0 unspecified atom stereocenters. The Bertz CT molecular complexity index is 2150. The van der Waals surface area contributed by atoms with Crippen molar-refractivity contribution in [3.63, 3.8) is 0 Å². The summed E-state index contributed by atoms with van der Waals surface area (Å²) in [4.78, 5) is 6.09. The van der Waals surface area contributed by atoms with Gasteiger partial charge in [-0.25, -0.2) is 0 Å². The molecule has 7 aromatic rings. The van der Waals surface area contributed by atoms with Crippen molar-refractivity contribution in [2.75, 3.05) is 0 Å². The number of hydrogen-bond donors (Lipinski definition) is 0. The molecule has 3 heterocycles. The van der Waals surface area contributed by atoms with E-state index in [1.54, 1.807) is 11.8 Å². The first-order valence-electron chi connectivity index (χ1n) is 14.1. The van der Waals surface area contributed by atoms with E-state index in [1.165, 1.54) is 54.5 Å². The third-order valence-electron chi connectivity index (χ3n) is 7.93. The van der Waals surface area contributed by atoms with E-state index < -0.39 is 0 Å². The summed E-state index contributed by atoms with van der Waals surface area (Å²) in [5, 5.41) is 4.63. The second kappa shape index (κ2) is 10.4. The number of hydrogen-bond acceptors (Lipinski definition) is 2. The molecule has 0 fully saturated rings. The highest BCUT2D eigenvalue weighted by Crippen LogP contribution is 2.39. The van der Waals surface area contributed by atoms with Crippen molar-refractivity contribution in [1.82, 2.24) is 9.55 Å². The molecule has 198 valence electrons. The second-order valence-electron chi connectivity index (χ2n) is 10.5. The first kappa shape index (κ1) is 24.7. The molecule has 8 rings (SSSR count). The maximum absolute atomic E-state index is 4.83. The Balaban J connectivity index is 1.25.